The molecule has 126 valence electrons. The fourth-order valence-electron chi connectivity index (χ4n) is 2.05. The summed E-state index contributed by atoms with van der Waals surface area (Å²) in [5, 5.41) is 8.80. The molecule has 1 unspecified atom stereocenters. The molecular weight excluding hydrogens is 292 g/mol. The zero-order valence-corrected chi connectivity index (χ0v) is 14.8. The highest BCUT2D eigenvalue weighted by molar-refractivity contribution is 7.87. The molecule has 0 rings (SSSR count). The Morgan fingerprint density at radius 1 is 1.24 bits per heavy atom. The van der Waals surface area contributed by atoms with Crippen molar-refractivity contribution in [1.82, 2.24) is 9.03 Å². The van der Waals surface area contributed by atoms with Gasteiger partial charge >= 0.3 is 5.97 Å². The molecule has 0 aliphatic heterocycles. The minimum atomic E-state index is -3.46. The van der Waals surface area contributed by atoms with Crippen LogP contribution in [-0.4, -0.2) is 43.4 Å². The largest absolute Gasteiger partial charge is 0.481 e. The van der Waals surface area contributed by atoms with E-state index in [0.717, 1.165) is 0 Å². The lowest BCUT2D eigenvalue weighted by Crippen LogP contribution is -2.42. The second-order valence-electron chi connectivity index (χ2n) is 6.79. The third kappa shape index (κ3) is 7.78. The third-order valence-electron chi connectivity index (χ3n) is 3.82. The molecule has 0 spiro atoms. The van der Waals surface area contributed by atoms with Gasteiger partial charge in [0.2, 0.25) is 0 Å². The highest BCUT2D eigenvalue weighted by Gasteiger charge is 2.26. The van der Waals surface area contributed by atoms with Gasteiger partial charge in [-0.05, 0) is 38.0 Å². The van der Waals surface area contributed by atoms with Crippen molar-refractivity contribution in [2.45, 2.75) is 59.9 Å². The number of hydrogen-bond donors (Lipinski definition) is 2. The number of aliphatic carboxylic acids is 1. The minimum Gasteiger partial charge on any atom is -0.481 e. The van der Waals surface area contributed by atoms with Gasteiger partial charge < -0.3 is 5.11 Å². The lowest BCUT2D eigenvalue weighted by atomic mass is 9.76. The van der Waals surface area contributed by atoms with Crippen molar-refractivity contribution in [1.29, 1.82) is 0 Å². The molecule has 0 radical (unpaired) electrons. The molecule has 0 aromatic carbocycles. The van der Waals surface area contributed by atoms with Crippen LogP contribution in [0.25, 0.3) is 0 Å². The average molecular weight is 322 g/mol. The first kappa shape index (κ1) is 20.3. The average Bonchev–Trinajstić information content (AvgIpc) is 2.30. The van der Waals surface area contributed by atoms with E-state index in [4.69, 9.17) is 5.11 Å². The summed E-state index contributed by atoms with van der Waals surface area (Å²) in [6.07, 6.45) is 1.29. The molecule has 7 heteroatoms. The Kier molecular flexibility index (Phi) is 7.84. The van der Waals surface area contributed by atoms with E-state index in [0.29, 0.717) is 19.4 Å². The molecule has 0 fully saturated rings. The van der Waals surface area contributed by atoms with E-state index < -0.39 is 16.2 Å². The first-order chi connectivity index (χ1) is 9.38. The van der Waals surface area contributed by atoms with Crippen LogP contribution in [0.2, 0.25) is 0 Å². The predicted octanol–water partition coefficient (Wildman–Crippen LogP) is 2.08. The van der Waals surface area contributed by atoms with Crippen molar-refractivity contribution in [2.75, 3.05) is 13.6 Å². The summed E-state index contributed by atoms with van der Waals surface area (Å²) in [4.78, 5) is 10.7. The first-order valence-corrected chi connectivity index (χ1v) is 8.76. The molecule has 1 atom stereocenters. The van der Waals surface area contributed by atoms with Crippen LogP contribution in [0.4, 0.5) is 0 Å². The van der Waals surface area contributed by atoms with E-state index in [-0.39, 0.29) is 23.8 Å². The van der Waals surface area contributed by atoms with Crippen molar-refractivity contribution >= 4 is 16.2 Å². The molecule has 0 saturated carbocycles. The summed E-state index contributed by atoms with van der Waals surface area (Å²) in [5.41, 5.74) is -0.0508. The second kappa shape index (κ2) is 8.10. The van der Waals surface area contributed by atoms with Gasteiger partial charge in [-0.3, -0.25) is 4.79 Å². The number of carboxylic acid groups (broad SMARTS) is 1. The van der Waals surface area contributed by atoms with Gasteiger partial charge in [0.1, 0.15) is 0 Å². The number of carbonyl (C=O) groups is 1. The highest BCUT2D eigenvalue weighted by Crippen LogP contribution is 2.32. The molecule has 0 amide bonds. The lowest BCUT2D eigenvalue weighted by Gasteiger charge is -2.31. The maximum absolute atomic E-state index is 12.0. The normalized spacial score (nSPS) is 14.7. The maximum Gasteiger partial charge on any atom is 0.303 e. The van der Waals surface area contributed by atoms with Gasteiger partial charge in [-0.1, -0.05) is 20.8 Å². The van der Waals surface area contributed by atoms with E-state index in [1.807, 2.05) is 34.6 Å². The fourth-order valence-corrected chi connectivity index (χ4v) is 3.18. The molecule has 21 heavy (non-hydrogen) atoms. The van der Waals surface area contributed by atoms with Gasteiger partial charge in [-0.2, -0.15) is 12.7 Å². The van der Waals surface area contributed by atoms with Crippen LogP contribution in [0.3, 0.4) is 0 Å². The minimum absolute atomic E-state index is 0.0508. The summed E-state index contributed by atoms with van der Waals surface area (Å²) in [5.74, 6) is -0.662. The van der Waals surface area contributed by atoms with Crippen molar-refractivity contribution in [3.63, 3.8) is 0 Å². The number of carboxylic acids is 1. The SMILES string of the molecule is CC(C)N(C)S(=O)(=O)NCCC(CCC(=O)O)C(C)(C)C. The number of nitrogens with one attached hydrogen (secondary N) is 1. The standard InChI is InChI=1S/C14H30N2O4S/c1-11(2)16(6)21(19,20)15-10-9-12(14(3,4)5)7-8-13(17)18/h11-12,15H,7-10H2,1-6H3,(H,17,18). The van der Waals surface area contributed by atoms with Gasteiger partial charge in [0.05, 0.1) is 0 Å². The van der Waals surface area contributed by atoms with Crippen molar-refractivity contribution in [3.05, 3.63) is 0 Å². The van der Waals surface area contributed by atoms with Gasteiger partial charge in [0.15, 0.2) is 0 Å². The molecular formula is C14H30N2O4S. The van der Waals surface area contributed by atoms with Crippen LogP contribution in [0, 0.1) is 11.3 Å². The Morgan fingerprint density at radius 3 is 2.14 bits per heavy atom. The van der Waals surface area contributed by atoms with Crippen molar-refractivity contribution < 1.29 is 18.3 Å². The van der Waals surface area contributed by atoms with Crippen LogP contribution in [0.5, 0.6) is 0 Å². The Labute approximate surface area is 129 Å². The van der Waals surface area contributed by atoms with Crippen LogP contribution >= 0.6 is 0 Å². The van der Waals surface area contributed by atoms with Gasteiger partial charge in [0, 0.05) is 26.1 Å². The third-order valence-corrected chi connectivity index (χ3v) is 5.56. The second-order valence-corrected chi connectivity index (χ2v) is 8.61. The van der Waals surface area contributed by atoms with Crippen LogP contribution in [0.1, 0.15) is 53.9 Å². The number of rotatable bonds is 9. The molecule has 0 aromatic rings. The smallest absolute Gasteiger partial charge is 0.303 e. The van der Waals surface area contributed by atoms with E-state index >= 15 is 0 Å². The van der Waals surface area contributed by atoms with Crippen LogP contribution < -0.4 is 4.72 Å². The Hall–Kier alpha value is -0.660. The Morgan fingerprint density at radius 2 is 1.76 bits per heavy atom. The molecule has 0 aromatic heterocycles. The molecule has 6 nitrogen and oxygen atoms in total. The number of nitrogens with zero attached hydrogens (tertiary/aromatic N) is 1. The Bertz CT molecular complexity index is 427. The summed E-state index contributed by atoms with van der Waals surface area (Å²) in [6.45, 7) is 10.1. The van der Waals surface area contributed by atoms with Gasteiger partial charge in [-0.15, -0.1) is 0 Å². The lowest BCUT2D eigenvalue weighted by molar-refractivity contribution is -0.137. The molecule has 0 heterocycles. The van der Waals surface area contributed by atoms with E-state index in [2.05, 4.69) is 4.72 Å². The van der Waals surface area contributed by atoms with Crippen LogP contribution in [0.15, 0.2) is 0 Å². The topological polar surface area (TPSA) is 86.7 Å². The summed E-state index contributed by atoms with van der Waals surface area (Å²) in [7, 11) is -1.92. The Balaban J connectivity index is 4.54. The predicted molar refractivity (Wildman–Crippen MR) is 84.3 cm³/mol. The van der Waals surface area contributed by atoms with Gasteiger partial charge in [-0.25, -0.2) is 4.72 Å². The quantitative estimate of drug-likeness (QED) is 0.680. The van der Waals surface area contributed by atoms with E-state index in [1.54, 1.807) is 7.05 Å². The first-order valence-electron chi connectivity index (χ1n) is 7.32. The zero-order valence-electron chi connectivity index (χ0n) is 14.0. The fraction of sp³-hybridized carbons (Fsp3) is 0.929. The van der Waals surface area contributed by atoms with E-state index in [1.165, 1.54) is 4.31 Å². The monoisotopic (exact) mass is 322 g/mol. The maximum atomic E-state index is 12.0. The van der Waals surface area contributed by atoms with Crippen molar-refractivity contribution in [3.8, 4) is 0 Å². The molecule has 0 aliphatic rings. The molecule has 0 aliphatic carbocycles. The highest BCUT2D eigenvalue weighted by atomic mass is 32.2. The molecule has 0 bridgehead atoms. The number of hydrogen-bond acceptors (Lipinski definition) is 3. The summed E-state index contributed by atoms with van der Waals surface area (Å²) >= 11 is 0. The van der Waals surface area contributed by atoms with Crippen molar-refractivity contribution in [2.24, 2.45) is 11.3 Å². The molecule has 0 saturated heterocycles. The summed E-state index contributed by atoms with van der Waals surface area (Å²) < 4.78 is 27.8. The van der Waals surface area contributed by atoms with Gasteiger partial charge in [0.25, 0.3) is 10.2 Å². The van der Waals surface area contributed by atoms with E-state index in [9.17, 15) is 13.2 Å². The molecule has 2 N–H and O–H groups in total. The summed E-state index contributed by atoms with van der Waals surface area (Å²) in [6, 6.07) is -0.104. The van der Waals surface area contributed by atoms with Crippen LogP contribution in [-0.2, 0) is 15.0 Å². The zero-order chi connectivity index (χ0) is 16.8.